The van der Waals surface area contributed by atoms with Gasteiger partial charge in [-0.1, -0.05) is 121 Å². The van der Waals surface area contributed by atoms with Crippen LogP contribution in [-0.4, -0.2) is 54.6 Å². The zero-order valence-electron chi connectivity index (χ0n) is 25.4. The van der Waals surface area contributed by atoms with Crippen LogP contribution in [0.1, 0.15) is 16.7 Å². The average molecular weight is 629 g/mol. The van der Waals surface area contributed by atoms with Gasteiger partial charge >= 0.3 is 0 Å². The van der Waals surface area contributed by atoms with E-state index in [1.807, 2.05) is 121 Å². The van der Waals surface area contributed by atoms with Crippen molar-refractivity contribution in [2.24, 2.45) is 0 Å². The molecule has 4 aromatic carbocycles. The van der Waals surface area contributed by atoms with Gasteiger partial charge in [0.25, 0.3) is 0 Å². The van der Waals surface area contributed by atoms with Crippen LogP contribution in [0.4, 0.5) is 0 Å². The highest BCUT2D eigenvalue weighted by Crippen LogP contribution is 2.23. The number of aldehydes is 1. The van der Waals surface area contributed by atoms with Crippen LogP contribution >= 0.6 is 0 Å². The molecule has 0 fully saturated rings. The molecule has 45 heavy (non-hydrogen) atoms. The first-order valence-corrected chi connectivity index (χ1v) is 16.1. The molecule has 7 nitrogen and oxygen atoms in total. The predicted molar refractivity (Wildman–Crippen MR) is 175 cm³/mol. The van der Waals surface area contributed by atoms with Gasteiger partial charge in [-0.3, -0.25) is 4.21 Å². The molecule has 4 rings (SSSR count). The summed E-state index contributed by atoms with van der Waals surface area (Å²) in [5.74, 6) is 0.263. The van der Waals surface area contributed by atoms with Crippen molar-refractivity contribution < 1.29 is 32.7 Å². The molecular weight excluding hydrogens is 588 g/mol. The second-order valence-corrected chi connectivity index (χ2v) is 11.7. The van der Waals surface area contributed by atoms with Crippen LogP contribution in [0, 0.1) is 0 Å². The largest absolute Gasteiger partial charge is 0.368 e. The fourth-order valence-electron chi connectivity index (χ4n) is 4.62. The first-order chi connectivity index (χ1) is 22.2. The molecule has 0 aromatic heterocycles. The van der Waals surface area contributed by atoms with Gasteiger partial charge < -0.3 is 28.5 Å². The zero-order valence-corrected chi connectivity index (χ0v) is 26.2. The second-order valence-electron chi connectivity index (χ2n) is 10.2. The lowest BCUT2D eigenvalue weighted by molar-refractivity contribution is -0.190. The molecule has 236 valence electrons. The number of carbonyl (C=O) groups is 1. The first kappa shape index (κ1) is 34.1. The molecule has 0 N–H and O–H groups in total. The Hall–Kier alpha value is -3.76. The van der Waals surface area contributed by atoms with E-state index in [4.69, 9.17) is 23.7 Å². The van der Waals surface area contributed by atoms with Crippen molar-refractivity contribution in [1.29, 1.82) is 0 Å². The third-order valence-corrected chi connectivity index (χ3v) is 8.21. The third-order valence-electron chi connectivity index (χ3n) is 6.92. The monoisotopic (exact) mass is 628 g/mol. The van der Waals surface area contributed by atoms with E-state index >= 15 is 0 Å². The quantitative estimate of drug-likeness (QED) is 0.0646. The number of ether oxygens (including phenoxy) is 5. The van der Waals surface area contributed by atoms with Crippen molar-refractivity contribution in [3.05, 3.63) is 150 Å². The Morgan fingerprint density at radius 3 is 1.51 bits per heavy atom. The summed E-state index contributed by atoms with van der Waals surface area (Å²) in [5, 5.41) is 0. The summed E-state index contributed by atoms with van der Waals surface area (Å²) >= 11 is 0. The van der Waals surface area contributed by atoms with Gasteiger partial charge in [-0.2, -0.15) is 0 Å². The van der Waals surface area contributed by atoms with E-state index in [2.05, 4.69) is 0 Å². The number of rotatable bonds is 20. The molecule has 4 aromatic rings. The van der Waals surface area contributed by atoms with Gasteiger partial charge in [0.1, 0.15) is 31.2 Å². The van der Waals surface area contributed by atoms with Crippen LogP contribution in [-0.2, 0) is 59.1 Å². The Bertz CT molecular complexity index is 1420. The van der Waals surface area contributed by atoms with E-state index in [0.717, 1.165) is 27.9 Å². The average Bonchev–Trinajstić information content (AvgIpc) is 3.10. The van der Waals surface area contributed by atoms with Crippen LogP contribution in [0.15, 0.2) is 138 Å². The van der Waals surface area contributed by atoms with Crippen LogP contribution in [0.3, 0.4) is 0 Å². The normalized spacial score (nSPS) is 14.9. The Balaban J connectivity index is 1.64. The van der Waals surface area contributed by atoms with E-state index in [9.17, 15) is 9.00 Å². The standard InChI is InChI=1S/C37H40O7S/c1-40-29-44-34(23-14-24-45(39)33-21-12-5-13-22-33)36(42-27-31-17-8-3-9-18-31)37(43-28-32-19-10-4-11-20-32)35(25-38)41-26-30-15-6-2-7-16-30/h2-23,25,34-37H,24,26-29H2,1H3/b23-14+/t34-,35+,36-,37-,45?/m1/s1. The predicted octanol–water partition coefficient (Wildman–Crippen LogP) is 6.29. The molecule has 0 saturated heterocycles. The summed E-state index contributed by atoms with van der Waals surface area (Å²) in [6.07, 6.45) is 0.946. The van der Waals surface area contributed by atoms with Gasteiger partial charge in [0.15, 0.2) is 6.29 Å². The van der Waals surface area contributed by atoms with E-state index in [0.29, 0.717) is 0 Å². The molecule has 0 spiro atoms. The summed E-state index contributed by atoms with van der Waals surface area (Å²) in [4.78, 5) is 13.4. The van der Waals surface area contributed by atoms with Gasteiger partial charge in [0.2, 0.25) is 0 Å². The number of hydrogen-bond donors (Lipinski definition) is 0. The SMILES string of the molecule is COCO[C@H](/C=C/CS(=O)c1ccccc1)[C@@H](OCc1ccccc1)[C@H](OCc1ccccc1)[C@H](C=O)OCc1ccccc1. The highest BCUT2D eigenvalue weighted by atomic mass is 32.2. The van der Waals surface area contributed by atoms with Crippen LogP contribution in [0.25, 0.3) is 0 Å². The molecule has 8 heteroatoms. The third kappa shape index (κ3) is 11.6. The summed E-state index contributed by atoms with van der Waals surface area (Å²) in [5.41, 5.74) is 2.79. The zero-order chi connectivity index (χ0) is 31.5. The topological polar surface area (TPSA) is 80.3 Å². The molecule has 0 saturated carbocycles. The number of methoxy groups -OCH3 is 1. The lowest BCUT2D eigenvalue weighted by atomic mass is 10.0. The van der Waals surface area contributed by atoms with Crippen LogP contribution < -0.4 is 0 Å². The van der Waals surface area contributed by atoms with Crippen LogP contribution in [0.2, 0.25) is 0 Å². The molecule has 0 bridgehead atoms. The highest BCUT2D eigenvalue weighted by Gasteiger charge is 2.37. The molecule has 0 aliphatic heterocycles. The van der Waals surface area contributed by atoms with Crippen LogP contribution in [0.5, 0.6) is 0 Å². The van der Waals surface area contributed by atoms with Crippen molar-refractivity contribution in [1.82, 2.24) is 0 Å². The van der Waals surface area contributed by atoms with Gasteiger partial charge in [0, 0.05) is 17.8 Å². The number of benzene rings is 4. The molecule has 0 aliphatic carbocycles. The fourth-order valence-corrected chi connectivity index (χ4v) is 5.56. The van der Waals surface area contributed by atoms with Gasteiger partial charge in [-0.05, 0) is 28.8 Å². The van der Waals surface area contributed by atoms with E-state index in [-0.39, 0.29) is 32.4 Å². The number of carbonyl (C=O) groups excluding carboxylic acids is 1. The Labute approximate surface area is 268 Å². The summed E-state index contributed by atoms with van der Waals surface area (Å²) in [7, 11) is 0.281. The maximum atomic E-state index is 13.0. The minimum Gasteiger partial charge on any atom is -0.368 e. The Kier molecular flexibility index (Phi) is 14.9. The molecule has 0 aliphatic rings. The molecule has 1 unspecified atom stereocenters. The fraction of sp³-hybridized carbons (Fsp3) is 0.270. The Morgan fingerprint density at radius 2 is 1.04 bits per heavy atom. The molecule has 0 heterocycles. The lowest BCUT2D eigenvalue weighted by Crippen LogP contribution is -2.49. The number of hydrogen-bond acceptors (Lipinski definition) is 7. The molecule has 0 amide bonds. The van der Waals surface area contributed by atoms with E-state index in [1.165, 1.54) is 7.11 Å². The summed E-state index contributed by atoms with van der Waals surface area (Å²) in [6.45, 7) is 0.617. The van der Waals surface area contributed by atoms with E-state index in [1.54, 1.807) is 12.2 Å². The maximum absolute atomic E-state index is 13.0. The summed E-state index contributed by atoms with van der Waals surface area (Å²) in [6, 6.07) is 38.3. The van der Waals surface area contributed by atoms with Crippen molar-refractivity contribution >= 4 is 17.1 Å². The van der Waals surface area contributed by atoms with Crippen molar-refractivity contribution in [3.8, 4) is 0 Å². The molecule has 0 radical (unpaired) electrons. The van der Waals surface area contributed by atoms with E-state index < -0.39 is 35.2 Å². The highest BCUT2D eigenvalue weighted by molar-refractivity contribution is 7.85. The Morgan fingerprint density at radius 1 is 0.600 bits per heavy atom. The minimum absolute atomic E-state index is 0.0377. The lowest BCUT2D eigenvalue weighted by Gasteiger charge is -2.35. The van der Waals surface area contributed by atoms with Crippen molar-refractivity contribution in [2.45, 2.75) is 49.1 Å². The van der Waals surface area contributed by atoms with Gasteiger partial charge in [-0.25, -0.2) is 0 Å². The maximum Gasteiger partial charge on any atom is 0.151 e. The minimum atomic E-state index is -1.25. The molecular formula is C37H40O7S. The van der Waals surface area contributed by atoms with Gasteiger partial charge in [0.05, 0.1) is 30.6 Å². The molecule has 5 atom stereocenters. The van der Waals surface area contributed by atoms with Gasteiger partial charge in [-0.15, -0.1) is 0 Å². The smallest absolute Gasteiger partial charge is 0.151 e. The van der Waals surface area contributed by atoms with Crippen molar-refractivity contribution in [3.63, 3.8) is 0 Å². The first-order valence-electron chi connectivity index (χ1n) is 14.8. The second kappa shape index (κ2) is 19.6. The van der Waals surface area contributed by atoms with Crippen molar-refractivity contribution in [2.75, 3.05) is 19.7 Å². The summed E-state index contributed by atoms with van der Waals surface area (Å²) < 4.78 is 43.6.